The molecule has 0 aliphatic heterocycles. The van der Waals surface area contributed by atoms with E-state index < -0.39 is 21.8 Å². The molecule has 0 saturated carbocycles. The van der Waals surface area contributed by atoms with Crippen molar-refractivity contribution in [2.75, 3.05) is 5.32 Å². The lowest BCUT2D eigenvalue weighted by Crippen LogP contribution is -2.32. The van der Waals surface area contributed by atoms with Crippen LogP contribution >= 0.6 is 23.2 Å². The van der Waals surface area contributed by atoms with Crippen LogP contribution < -0.4 is 10.7 Å². The van der Waals surface area contributed by atoms with E-state index in [0.29, 0.717) is 21.5 Å². The van der Waals surface area contributed by atoms with Gasteiger partial charge >= 0.3 is 11.8 Å². The molecule has 0 spiro atoms. The van der Waals surface area contributed by atoms with E-state index in [9.17, 15) is 18.0 Å². The van der Waals surface area contributed by atoms with Gasteiger partial charge in [0.15, 0.2) is 0 Å². The molecule has 12 heteroatoms. The van der Waals surface area contributed by atoms with Crippen LogP contribution in [0.2, 0.25) is 10.0 Å². The first-order valence-electron chi connectivity index (χ1n) is 11.9. The summed E-state index contributed by atoms with van der Waals surface area (Å²) in [6.45, 7) is 1.89. The van der Waals surface area contributed by atoms with Crippen LogP contribution in [0.3, 0.4) is 0 Å². The van der Waals surface area contributed by atoms with Crippen LogP contribution in [0.4, 0.5) is 5.69 Å². The average Bonchev–Trinajstić information content (AvgIpc) is 3.38. The van der Waals surface area contributed by atoms with Crippen LogP contribution in [0.15, 0.2) is 99.3 Å². The van der Waals surface area contributed by atoms with E-state index in [1.54, 1.807) is 84.9 Å². The van der Waals surface area contributed by atoms with Gasteiger partial charge in [-0.2, -0.15) is 9.41 Å². The number of hydrogen-bond acceptors (Lipinski definition) is 6. The molecule has 0 saturated heterocycles. The highest BCUT2D eigenvalue weighted by molar-refractivity contribution is 7.89. The van der Waals surface area contributed by atoms with Crippen LogP contribution in [-0.4, -0.2) is 30.8 Å². The number of nitrogens with one attached hydrogen (secondary N) is 2. The van der Waals surface area contributed by atoms with E-state index in [1.165, 1.54) is 10.5 Å². The standard InChI is InChI=1S/C28H24Cl2N4O5S/c1-19-2-14-26(15-3-19)40(37,38)34(17-20-4-6-21(29)7-5-20)18-25-13-12-24(39-25)16-31-33-28(36)27(35)32-23-10-8-22(30)9-11-23/h2-16H,17-18H2,1H3,(H,32,35)(H,33,36)/b31-16+. The van der Waals surface area contributed by atoms with Gasteiger partial charge in [-0.15, -0.1) is 0 Å². The van der Waals surface area contributed by atoms with Gasteiger partial charge in [-0.1, -0.05) is 53.0 Å². The van der Waals surface area contributed by atoms with Gasteiger partial charge < -0.3 is 9.73 Å². The first kappa shape index (κ1) is 29.0. The number of nitrogens with zero attached hydrogens (tertiary/aromatic N) is 2. The van der Waals surface area contributed by atoms with Gasteiger partial charge in [0.1, 0.15) is 11.5 Å². The summed E-state index contributed by atoms with van der Waals surface area (Å²) in [4.78, 5) is 24.2. The van der Waals surface area contributed by atoms with Crippen LogP contribution in [0.5, 0.6) is 0 Å². The van der Waals surface area contributed by atoms with Gasteiger partial charge in [-0.05, 0) is 73.2 Å². The molecule has 0 unspecified atom stereocenters. The van der Waals surface area contributed by atoms with Gasteiger partial charge in [0.05, 0.1) is 17.7 Å². The molecule has 0 aliphatic rings. The number of anilines is 1. The molecule has 0 radical (unpaired) electrons. The third-order valence-corrected chi connectivity index (χ3v) is 7.92. The Morgan fingerprint density at radius 3 is 2.12 bits per heavy atom. The molecule has 0 atom stereocenters. The summed E-state index contributed by atoms with van der Waals surface area (Å²) < 4.78 is 34.1. The minimum Gasteiger partial charge on any atom is -0.459 e. The van der Waals surface area contributed by atoms with E-state index in [-0.39, 0.29) is 23.7 Å². The molecule has 1 aromatic heterocycles. The quantitative estimate of drug-likeness (QED) is 0.152. The normalized spacial score (nSPS) is 11.6. The maximum atomic E-state index is 13.5. The van der Waals surface area contributed by atoms with Crippen molar-refractivity contribution < 1.29 is 22.4 Å². The van der Waals surface area contributed by atoms with Crippen LogP contribution in [0.1, 0.15) is 22.6 Å². The zero-order valence-corrected chi connectivity index (χ0v) is 23.5. The first-order chi connectivity index (χ1) is 19.1. The number of hydrazone groups is 1. The second-order valence-corrected chi connectivity index (χ2v) is 11.5. The molecule has 0 bridgehead atoms. The fourth-order valence-corrected chi connectivity index (χ4v) is 5.17. The van der Waals surface area contributed by atoms with Crippen molar-refractivity contribution >= 4 is 56.9 Å². The Balaban J connectivity index is 1.44. The number of furan rings is 1. The number of benzene rings is 3. The Labute approximate surface area is 241 Å². The van der Waals surface area contributed by atoms with Gasteiger partial charge in [-0.25, -0.2) is 13.8 Å². The molecular weight excluding hydrogens is 575 g/mol. The Hall–Kier alpha value is -3.96. The average molecular weight is 599 g/mol. The Kier molecular flexibility index (Phi) is 9.38. The van der Waals surface area contributed by atoms with Crippen LogP contribution in [0, 0.1) is 6.92 Å². The highest BCUT2D eigenvalue weighted by atomic mass is 35.5. The number of amides is 2. The number of rotatable bonds is 9. The first-order valence-corrected chi connectivity index (χ1v) is 14.1. The zero-order chi connectivity index (χ0) is 28.7. The summed E-state index contributed by atoms with van der Waals surface area (Å²) in [6.07, 6.45) is 1.20. The number of halogens is 2. The van der Waals surface area contributed by atoms with Gasteiger partial charge in [0, 0.05) is 22.3 Å². The second-order valence-electron chi connectivity index (χ2n) is 8.68. The van der Waals surface area contributed by atoms with E-state index in [4.69, 9.17) is 27.6 Å². The second kappa shape index (κ2) is 12.9. The van der Waals surface area contributed by atoms with Gasteiger partial charge in [-0.3, -0.25) is 9.59 Å². The summed E-state index contributed by atoms with van der Waals surface area (Å²) in [5, 5.41) is 7.20. The van der Waals surface area contributed by atoms with E-state index in [1.807, 2.05) is 6.92 Å². The molecule has 3 aromatic carbocycles. The Morgan fingerprint density at radius 2 is 1.48 bits per heavy atom. The lowest BCUT2D eigenvalue weighted by Gasteiger charge is -2.21. The molecule has 4 rings (SSSR count). The fraction of sp³-hybridized carbons (Fsp3) is 0.107. The van der Waals surface area contributed by atoms with Crippen LogP contribution in [0.25, 0.3) is 0 Å². The third-order valence-electron chi connectivity index (χ3n) is 5.61. The topological polar surface area (TPSA) is 121 Å². The predicted octanol–water partition coefficient (Wildman–Crippen LogP) is 5.37. The van der Waals surface area contributed by atoms with E-state index in [0.717, 1.165) is 11.1 Å². The summed E-state index contributed by atoms with van der Waals surface area (Å²) >= 11 is 11.8. The van der Waals surface area contributed by atoms with Crippen molar-refractivity contribution in [2.45, 2.75) is 24.9 Å². The fourth-order valence-electron chi connectivity index (χ4n) is 3.53. The minimum atomic E-state index is -3.88. The number of aryl methyl sites for hydroxylation is 1. The molecule has 0 aliphatic carbocycles. The van der Waals surface area contributed by atoms with Crippen molar-refractivity contribution in [2.24, 2.45) is 5.10 Å². The predicted molar refractivity (Wildman–Crippen MR) is 154 cm³/mol. The monoisotopic (exact) mass is 598 g/mol. The zero-order valence-electron chi connectivity index (χ0n) is 21.2. The van der Waals surface area contributed by atoms with Crippen LogP contribution in [-0.2, 0) is 32.7 Å². The molecule has 1 heterocycles. The number of carbonyl (C=O) groups excluding carboxylic acids is 2. The lowest BCUT2D eigenvalue weighted by molar-refractivity contribution is -0.136. The van der Waals surface area contributed by atoms with Crippen molar-refractivity contribution in [1.82, 2.24) is 9.73 Å². The molecule has 40 heavy (non-hydrogen) atoms. The minimum absolute atomic E-state index is 0.0669. The van der Waals surface area contributed by atoms with Crippen molar-refractivity contribution in [3.63, 3.8) is 0 Å². The van der Waals surface area contributed by atoms with Gasteiger partial charge in [0.25, 0.3) is 0 Å². The number of carbonyl (C=O) groups is 2. The lowest BCUT2D eigenvalue weighted by atomic mass is 10.2. The summed E-state index contributed by atoms with van der Waals surface area (Å²) in [5.74, 6) is -1.32. The molecule has 2 N–H and O–H groups in total. The van der Waals surface area contributed by atoms with Crippen molar-refractivity contribution in [1.29, 1.82) is 0 Å². The smallest absolute Gasteiger partial charge is 0.329 e. The largest absolute Gasteiger partial charge is 0.459 e. The molecule has 9 nitrogen and oxygen atoms in total. The summed E-state index contributed by atoms with van der Waals surface area (Å²) in [7, 11) is -3.88. The number of sulfonamides is 1. The molecule has 2 amide bonds. The summed E-state index contributed by atoms with van der Waals surface area (Å²) in [5.41, 5.74) is 4.19. The molecule has 4 aromatic rings. The maximum Gasteiger partial charge on any atom is 0.329 e. The Morgan fingerprint density at radius 1 is 0.850 bits per heavy atom. The molecule has 0 fully saturated rings. The Bertz CT molecular complexity index is 1620. The highest BCUT2D eigenvalue weighted by Crippen LogP contribution is 2.23. The highest BCUT2D eigenvalue weighted by Gasteiger charge is 2.26. The van der Waals surface area contributed by atoms with E-state index in [2.05, 4.69) is 15.8 Å². The maximum absolute atomic E-state index is 13.5. The van der Waals surface area contributed by atoms with Crippen molar-refractivity contribution in [3.05, 3.63) is 118 Å². The van der Waals surface area contributed by atoms with Crippen molar-refractivity contribution in [3.8, 4) is 0 Å². The third kappa shape index (κ3) is 7.80. The van der Waals surface area contributed by atoms with Gasteiger partial charge in [0.2, 0.25) is 10.0 Å². The van der Waals surface area contributed by atoms with E-state index >= 15 is 0 Å². The molecule has 206 valence electrons. The SMILES string of the molecule is Cc1ccc(S(=O)(=O)N(Cc2ccc(Cl)cc2)Cc2ccc(/C=N/NC(=O)C(=O)Nc3ccc(Cl)cc3)o2)cc1. The number of hydrogen-bond donors (Lipinski definition) is 2. The molecular formula is C28H24Cl2N4O5S. The summed E-state index contributed by atoms with van der Waals surface area (Å²) in [6, 6.07) is 22.9.